The van der Waals surface area contributed by atoms with Crippen LogP contribution in [0.2, 0.25) is 0 Å². The van der Waals surface area contributed by atoms with E-state index in [9.17, 15) is 9.59 Å². The number of esters is 2. The van der Waals surface area contributed by atoms with Crippen LogP contribution in [0.3, 0.4) is 0 Å². The Bertz CT molecular complexity index is 329. The van der Waals surface area contributed by atoms with Gasteiger partial charge in [-0.05, 0) is 25.2 Å². The minimum Gasteiger partial charge on any atom is -0.462 e. The minimum absolute atomic E-state index is 0.0616. The molecule has 0 atom stereocenters. The zero-order valence-electron chi connectivity index (χ0n) is 12.7. The molecule has 0 fully saturated rings. The smallest absolute Gasteiger partial charge is 0.334 e. The quantitative estimate of drug-likeness (QED) is 0.502. The molecular weight excluding hydrogens is 244 g/mol. The molecule has 0 spiro atoms. The van der Waals surface area contributed by atoms with Gasteiger partial charge in [0.1, 0.15) is 0 Å². The molecule has 4 nitrogen and oxygen atoms in total. The fraction of sp³-hybridized carbons (Fsp3) is 0.733. The summed E-state index contributed by atoms with van der Waals surface area (Å²) in [6.45, 7) is 10.2. The molecule has 0 aliphatic rings. The third-order valence-electron chi connectivity index (χ3n) is 2.60. The number of hydrogen-bond donors (Lipinski definition) is 0. The Morgan fingerprint density at radius 3 is 1.74 bits per heavy atom. The molecule has 0 aromatic rings. The lowest BCUT2D eigenvalue weighted by Gasteiger charge is -2.15. The lowest BCUT2D eigenvalue weighted by molar-refractivity contribution is -0.142. The molecule has 0 unspecified atom stereocenters. The Kier molecular flexibility index (Phi) is 8.92. The molecule has 0 aromatic carbocycles. The van der Waals surface area contributed by atoms with Gasteiger partial charge in [-0.15, -0.1) is 0 Å². The van der Waals surface area contributed by atoms with Gasteiger partial charge in [-0.25, -0.2) is 9.59 Å². The summed E-state index contributed by atoms with van der Waals surface area (Å²) in [5, 5.41) is 0. The number of ether oxygens (including phenoxy) is 2. The highest BCUT2D eigenvalue weighted by Crippen LogP contribution is 2.20. The van der Waals surface area contributed by atoms with Gasteiger partial charge in [0.25, 0.3) is 0 Å². The maximum Gasteiger partial charge on any atom is 0.334 e. The van der Waals surface area contributed by atoms with Gasteiger partial charge in [-0.3, -0.25) is 0 Å². The molecule has 0 saturated carbocycles. The van der Waals surface area contributed by atoms with Gasteiger partial charge in [0.05, 0.1) is 18.8 Å². The van der Waals surface area contributed by atoms with E-state index in [1.165, 1.54) is 0 Å². The molecule has 0 N–H and O–H groups in total. The summed E-state index contributed by atoms with van der Waals surface area (Å²) in [6, 6.07) is 0. The molecule has 0 saturated heterocycles. The highest BCUT2D eigenvalue weighted by molar-refractivity contribution is 6.00. The zero-order chi connectivity index (χ0) is 14.8. The first kappa shape index (κ1) is 17.7. The van der Waals surface area contributed by atoms with Crippen LogP contribution in [0.15, 0.2) is 11.1 Å². The topological polar surface area (TPSA) is 52.6 Å². The highest BCUT2D eigenvalue weighted by Gasteiger charge is 2.24. The zero-order valence-corrected chi connectivity index (χ0v) is 12.7. The third kappa shape index (κ3) is 5.90. The fourth-order valence-corrected chi connectivity index (χ4v) is 1.71. The van der Waals surface area contributed by atoms with Gasteiger partial charge in [-0.1, -0.05) is 34.6 Å². The van der Waals surface area contributed by atoms with E-state index in [-0.39, 0.29) is 5.92 Å². The van der Waals surface area contributed by atoms with Crippen molar-refractivity contribution >= 4 is 11.9 Å². The van der Waals surface area contributed by atoms with E-state index < -0.39 is 11.9 Å². The van der Waals surface area contributed by atoms with Crippen molar-refractivity contribution in [2.24, 2.45) is 5.92 Å². The fourth-order valence-electron chi connectivity index (χ4n) is 1.71. The molecule has 0 amide bonds. The average molecular weight is 270 g/mol. The van der Waals surface area contributed by atoms with E-state index in [0.29, 0.717) is 30.8 Å². The predicted molar refractivity (Wildman–Crippen MR) is 74.7 cm³/mol. The highest BCUT2D eigenvalue weighted by atomic mass is 16.5. The monoisotopic (exact) mass is 270 g/mol. The summed E-state index contributed by atoms with van der Waals surface area (Å²) in [6.07, 6.45) is 2.00. The molecule has 0 aliphatic carbocycles. The van der Waals surface area contributed by atoms with Crippen LogP contribution in [0.1, 0.15) is 53.9 Å². The van der Waals surface area contributed by atoms with Crippen LogP contribution < -0.4 is 0 Å². The van der Waals surface area contributed by atoms with E-state index in [1.807, 2.05) is 34.6 Å². The summed E-state index contributed by atoms with van der Waals surface area (Å²) in [4.78, 5) is 24.0. The van der Waals surface area contributed by atoms with Crippen molar-refractivity contribution in [2.75, 3.05) is 13.2 Å². The second kappa shape index (κ2) is 9.59. The Morgan fingerprint density at radius 2 is 1.37 bits per heavy atom. The Balaban J connectivity index is 5.18. The van der Waals surface area contributed by atoms with Crippen LogP contribution >= 0.6 is 0 Å². The lowest BCUT2D eigenvalue weighted by atomic mass is 9.95. The molecule has 0 heterocycles. The molecule has 0 rings (SSSR count). The van der Waals surface area contributed by atoms with Gasteiger partial charge in [0.2, 0.25) is 0 Å². The van der Waals surface area contributed by atoms with Gasteiger partial charge in [0, 0.05) is 5.57 Å². The molecule has 110 valence electrons. The van der Waals surface area contributed by atoms with Crippen LogP contribution in [0.4, 0.5) is 0 Å². The summed E-state index contributed by atoms with van der Waals surface area (Å²) in [5.74, 6) is -0.864. The maximum atomic E-state index is 12.0. The van der Waals surface area contributed by atoms with Gasteiger partial charge >= 0.3 is 11.9 Å². The van der Waals surface area contributed by atoms with Crippen molar-refractivity contribution < 1.29 is 19.1 Å². The number of carbonyl (C=O) groups is 2. The van der Waals surface area contributed by atoms with E-state index in [4.69, 9.17) is 9.47 Å². The molecule has 0 aromatic heterocycles. The Hall–Kier alpha value is -1.32. The maximum absolute atomic E-state index is 12.0. The lowest BCUT2D eigenvalue weighted by Crippen LogP contribution is -2.20. The molecule has 0 radical (unpaired) electrons. The van der Waals surface area contributed by atoms with Crippen molar-refractivity contribution in [1.29, 1.82) is 0 Å². The van der Waals surface area contributed by atoms with Crippen LogP contribution in [0.5, 0.6) is 0 Å². The van der Waals surface area contributed by atoms with E-state index >= 15 is 0 Å². The molecular formula is C15H26O4. The summed E-state index contributed by atoms with van der Waals surface area (Å²) in [5.41, 5.74) is 0.876. The summed E-state index contributed by atoms with van der Waals surface area (Å²) >= 11 is 0. The average Bonchev–Trinajstić information content (AvgIpc) is 2.38. The van der Waals surface area contributed by atoms with E-state index in [1.54, 1.807) is 0 Å². The van der Waals surface area contributed by atoms with Crippen molar-refractivity contribution in [3.63, 3.8) is 0 Å². The molecule has 0 bridgehead atoms. The van der Waals surface area contributed by atoms with Gasteiger partial charge in [0.15, 0.2) is 0 Å². The molecule has 4 heteroatoms. The van der Waals surface area contributed by atoms with Gasteiger partial charge < -0.3 is 9.47 Å². The number of carbonyl (C=O) groups excluding carboxylic acids is 2. The summed E-state index contributed by atoms with van der Waals surface area (Å²) in [7, 11) is 0. The van der Waals surface area contributed by atoms with E-state index in [0.717, 1.165) is 12.8 Å². The summed E-state index contributed by atoms with van der Waals surface area (Å²) < 4.78 is 10.3. The standard InChI is InChI=1S/C15H26O4/c1-6-9-18-14(16)12(8-3)13(11(4)5)15(17)19-10-7-2/h11H,6-10H2,1-5H3. The molecule has 19 heavy (non-hydrogen) atoms. The first-order valence-corrected chi connectivity index (χ1v) is 7.06. The second-order valence-corrected chi connectivity index (χ2v) is 4.67. The minimum atomic E-state index is -0.401. The largest absolute Gasteiger partial charge is 0.462 e. The second-order valence-electron chi connectivity index (χ2n) is 4.67. The first-order chi connectivity index (χ1) is 8.99. The first-order valence-electron chi connectivity index (χ1n) is 7.06. The normalized spacial score (nSPS) is 12.1. The van der Waals surface area contributed by atoms with Crippen LogP contribution in [-0.2, 0) is 19.1 Å². The van der Waals surface area contributed by atoms with Crippen molar-refractivity contribution in [3.05, 3.63) is 11.1 Å². The third-order valence-corrected chi connectivity index (χ3v) is 2.60. The van der Waals surface area contributed by atoms with Crippen LogP contribution in [0.25, 0.3) is 0 Å². The Labute approximate surface area is 116 Å². The molecule has 0 aliphatic heterocycles. The van der Waals surface area contributed by atoms with Crippen molar-refractivity contribution in [2.45, 2.75) is 53.9 Å². The van der Waals surface area contributed by atoms with Crippen molar-refractivity contribution in [1.82, 2.24) is 0 Å². The predicted octanol–water partition coefficient (Wildman–Crippen LogP) is 3.26. The van der Waals surface area contributed by atoms with Crippen LogP contribution in [0, 0.1) is 5.92 Å². The number of hydrogen-bond acceptors (Lipinski definition) is 4. The van der Waals surface area contributed by atoms with E-state index in [2.05, 4.69) is 0 Å². The Morgan fingerprint density at radius 1 is 0.895 bits per heavy atom. The van der Waals surface area contributed by atoms with Crippen LogP contribution in [-0.4, -0.2) is 25.2 Å². The van der Waals surface area contributed by atoms with Gasteiger partial charge in [-0.2, -0.15) is 0 Å². The number of rotatable bonds is 8. The van der Waals surface area contributed by atoms with Crippen molar-refractivity contribution in [3.8, 4) is 0 Å². The SMILES string of the molecule is CCCOC(=O)C(CC)=C(C(=O)OCCC)C(C)C.